The monoisotopic (exact) mass is 437 g/mol. The first-order chi connectivity index (χ1) is 14.5. The van der Waals surface area contributed by atoms with E-state index in [0.29, 0.717) is 37.8 Å². The van der Waals surface area contributed by atoms with Gasteiger partial charge in [0, 0.05) is 45.4 Å². The molecule has 30 heavy (non-hydrogen) atoms. The van der Waals surface area contributed by atoms with E-state index in [9.17, 15) is 13.6 Å². The zero-order valence-corrected chi connectivity index (χ0v) is 17.3. The first kappa shape index (κ1) is 20.7. The summed E-state index contributed by atoms with van der Waals surface area (Å²) in [6.07, 6.45) is 3.14. The van der Waals surface area contributed by atoms with E-state index in [1.165, 1.54) is 6.20 Å². The van der Waals surface area contributed by atoms with Crippen LogP contribution in [0.4, 0.5) is 20.4 Å². The SMILES string of the molecule is COC1CCN(C(=O)c2cnc3c(n2)N(Cc2c(F)ccc(F)c2Cl)CCN3)CC1. The molecular weight excluding hydrogens is 416 g/mol. The summed E-state index contributed by atoms with van der Waals surface area (Å²) in [5.41, 5.74) is 0.258. The summed E-state index contributed by atoms with van der Waals surface area (Å²) in [6.45, 7) is 2.21. The molecule has 10 heteroatoms. The third-order valence-electron chi connectivity index (χ3n) is 5.50. The fourth-order valence-electron chi connectivity index (χ4n) is 3.76. The van der Waals surface area contributed by atoms with E-state index in [2.05, 4.69) is 15.3 Å². The number of halogens is 3. The Morgan fingerprint density at radius 2 is 2.00 bits per heavy atom. The molecule has 2 aliphatic rings. The maximum Gasteiger partial charge on any atom is 0.274 e. The van der Waals surface area contributed by atoms with E-state index in [1.807, 2.05) is 0 Å². The van der Waals surface area contributed by atoms with Crippen molar-refractivity contribution in [1.29, 1.82) is 0 Å². The summed E-state index contributed by atoms with van der Waals surface area (Å²) >= 11 is 5.99. The smallest absolute Gasteiger partial charge is 0.274 e. The van der Waals surface area contributed by atoms with Crippen LogP contribution >= 0.6 is 11.6 Å². The first-order valence-electron chi connectivity index (χ1n) is 9.78. The van der Waals surface area contributed by atoms with Gasteiger partial charge < -0.3 is 19.9 Å². The number of ether oxygens (including phenoxy) is 1. The molecule has 1 aromatic heterocycles. The van der Waals surface area contributed by atoms with Crippen LogP contribution in [-0.4, -0.2) is 60.2 Å². The molecule has 160 valence electrons. The highest BCUT2D eigenvalue weighted by molar-refractivity contribution is 6.31. The number of carbonyl (C=O) groups excluding carboxylic acids is 1. The lowest BCUT2D eigenvalue weighted by Gasteiger charge is -2.32. The van der Waals surface area contributed by atoms with Crippen LogP contribution in [0.15, 0.2) is 18.3 Å². The number of piperidine rings is 1. The lowest BCUT2D eigenvalue weighted by molar-refractivity contribution is 0.0347. The molecule has 2 aliphatic heterocycles. The van der Waals surface area contributed by atoms with Gasteiger partial charge >= 0.3 is 0 Å². The van der Waals surface area contributed by atoms with Crippen molar-refractivity contribution in [3.8, 4) is 0 Å². The number of nitrogens with zero attached hydrogens (tertiary/aromatic N) is 4. The minimum absolute atomic E-state index is 0.0165. The Kier molecular flexibility index (Phi) is 6.01. The molecule has 1 aromatic carbocycles. The Bertz CT molecular complexity index is 953. The van der Waals surface area contributed by atoms with Crippen molar-refractivity contribution < 1.29 is 18.3 Å². The second-order valence-corrected chi connectivity index (χ2v) is 7.70. The third-order valence-corrected chi connectivity index (χ3v) is 5.91. The highest BCUT2D eigenvalue weighted by Crippen LogP contribution is 2.30. The number of fused-ring (bicyclic) bond motifs is 1. The molecule has 3 heterocycles. The number of hydrogen-bond donors (Lipinski definition) is 1. The molecule has 0 unspecified atom stereocenters. The van der Waals surface area contributed by atoms with Crippen molar-refractivity contribution >= 4 is 29.1 Å². The first-order valence-corrected chi connectivity index (χ1v) is 10.2. The summed E-state index contributed by atoms with van der Waals surface area (Å²) in [5.74, 6) is -0.580. The quantitative estimate of drug-likeness (QED) is 0.741. The Morgan fingerprint density at radius 1 is 1.27 bits per heavy atom. The Hall–Kier alpha value is -2.52. The maximum absolute atomic E-state index is 14.3. The van der Waals surface area contributed by atoms with Gasteiger partial charge in [-0.25, -0.2) is 18.7 Å². The number of methoxy groups -OCH3 is 1. The Morgan fingerprint density at radius 3 is 2.73 bits per heavy atom. The van der Waals surface area contributed by atoms with E-state index in [1.54, 1.807) is 16.9 Å². The zero-order chi connectivity index (χ0) is 21.3. The number of likely N-dealkylation sites (tertiary alicyclic amines) is 1. The van der Waals surface area contributed by atoms with Gasteiger partial charge in [0.15, 0.2) is 11.6 Å². The van der Waals surface area contributed by atoms with Crippen LogP contribution in [0.1, 0.15) is 28.9 Å². The summed E-state index contributed by atoms with van der Waals surface area (Å²) < 4.78 is 33.4. The molecule has 0 spiro atoms. The van der Waals surface area contributed by atoms with Gasteiger partial charge in [-0.3, -0.25) is 4.79 Å². The van der Waals surface area contributed by atoms with Gasteiger partial charge in [0.25, 0.3) is 5.91 Å². The van der Waals surface area contributed by atoms with E-state index in [0.717, 1.165) is 25.0 Å². The number of nitrogens with one attached hydrogen (secondary N) is 1. The second-order valence-electron chi connectivity index (χ2n) is 7.32. The van der Waals surface area contributed by atoms with Crippen molar-refractivity contribution in [3.05, 3.63) is 46.2 Å². The van der Waals surface area contributed by atoms with E-state index < -0.39 is 11.6 Å². The van der Waals surface area contributed by atoms with Gasteiger partial charge in [0.2, 0.25) is 0 Å². The molecule has 1 N–H and O–H groups in total. The van der Waals surface area contributed by atoms with Crippen molar-refractivity contribution in [2.45, 2.75) is 25.5 Å². The predicted molar refractivity (Wildman–Crippen MR) is 109 cm³/mol. The minimum atomic E-state index is -0.683. The fraction of sp³-hybridized carbons (Fsp3) is 0.450. The standard InChI is InChI=1S/C20H22ClF2N5O2/c1-30-12-4-7-27(8-5-12)20(29)16-10-25-18-19(26-16)28(9-6-24-18)11-13-14(22)2-3-15(23)17(13)21/h2-3,10,12H,4-9,11H2,1H3,(H,24,25). The van der Waals surface area contributed by atoms with Crippen LogP contribution in [-0.2, 0) is 11.3 Å². The van der Waals surface area contributed by atoms with Crippen molar-refractivity contribution in [1.82, 2.24) is 14.9 Å². The number of carbonyl (C=O) groups is 1. The van der Waals surface area contributed by atoms with Crippen LogP contribution < -0.4 is 10.2 Å². The average Bonchev–Trinajstić information content (AvgIpc) is 2.78. The molecule has 7 nitrogen and oxygen atoms in total. The number of hydrogen-bond acceptors (Lipinski definition) is 6. The molecule has 0 bridgehead atoms. The zero-order valence-electron chi connectivity index (χ0n) is 16.5. The van der Waals surface area contributed by atoms with Crippen LogP contribution in [0.3, 0.4) is 0 Å². The van der Waals surface area contributed by atoms with E-state index >= 15 is 0 Å². The van der Waals surface area contributed by atoms with Crippen LogP contribution in [0.5, 0.6) is 0 Å². The van der Waals surface area contributed by atoms with E-state index in [4.69, 9.17) is 16.3 Å². The minimum Gasteiger partial charge on any atom is -0.381 e. The van der Waals surface area contributed by atoms with Gasteiger partial charge in [0.1, 0.15) is 17.3 Å². The maximum atomic E-state index is 14.3. The summed E-state index contributed by atoms with van der Waals surface area (Å²) in [4.78, 5) is 25.2. The lowest BCUT2D eigenvalue weighted by Crippen LogP contribution is -2.41. The molecule has 1 fully saturated rings. The number of benzene rings is 1. The van der Waals surface area contributed by atoms with E-state index in [-0.39, 0.29) is 34.8 Å². The molecule has 1 amide bonds. The lowest BCUT2D eigenvalue weighted by atomic mass is 10.1. The number of aromatic nitrogens is 2. The Labute approximate surface area is 178 Å². The van der Waals surface area contributed by atoms with Gasteiger partial charge in [0.05, 0.1) is 17.3 Å². The number of rotatable bonds is 4. The van der Waals surface area contributed by atoms with Gasteiger partial charge in [-0.1, -0.05) is 11.6 Å². The molecule has 0 aliphatic carbocycles. The largest absolute Gasteiger partial charge is 0.381 e. The Balaban J connectivity index is 1.58. The van der Waals surface area contributed by atoms with Gasteiger partial charge in [-0.2, -0.15) is 0 Å². The molecule has 2 aromatic rings. The number of anilines is 2. The fourth-order valence-corrected chi connectivity index (χ4v) is 3.97. The third kappa shape index (κ3) is 4.04. The molecule has 0 radical (unpaired) electrons. The van der Waals surface area contributed by atoms with Crippen LogP contribution in [0.2, 0.25) is 5.02 Å². The molecule has 0 atom stereocenters. The van der Waals surface area contributed by atoms with Gasteiger partial charge in [-0.05, 0) is 25.0 Å². The normalized spacial score (nSPS) is 16.9. The second kappa shape index (κ2) is 8.69. The van der Waals surface area contributed by atoms with Crippen molar-refractivity contribution in [2.24, 2.45) is 0 Å². The average molecular weight is 438 g/mol. The highest BCUT2D eigenvalue weighted by Gasteiger charge is 2.28. The van der Waals surface area contributed by atoms with Crippen molar-refractivity contribution in [3.63, 3.8) is 0 Å². The highest BCUT2D eigenvalue weighted by atomic mass is 35.5. The topological polar surface area (TPSA) is 70.6 Å². The molecule has 1 saturated heterocycles. The predicted octanol–water partition coefficient (Wildman–Crippen LogP) is 3.09. The molecular formula is C20H22ClF2N5O2. The summed E-state index contributed by atoms with van der Waals surface area (Å²) in [5, 5.41) is 2.87. The van der Waals surface area contributed by atoms with Gasteiger partial charge in [-0.15, -0.1) is 0 Å². The molecule has 0 saturated carbocycles. The van der Waals surface area contributed by atoms with Crippen LogP contribution in [0, 0.1) is 11.6 Å². The molecule has 4 rings (SSSR count). The van der Waals surface area contributed by atoms with Crippen LogP contribution in [0.25, 0.3) is 0 Å². The number of amides is 1. The summed E-state index contributed by atoms with van der Waals surface area (Å²) in [7, 11) is 1.67. The van der Waals surface area contributed by atoms with Crippen molar-refractivity contribution in [2.75, 3.05) is 43.5 Å². The summed E-state index contributed by atoms with van der Waals surface area (Å²) in [6, 6.07) is 2.05.